The average Bonchev–Trinajstić information content (AvgIpc) is 3.36. The predicted octanol–water partition coefficient (Wildman–Crippen LogP) is 4.33. The molecule has 1 amide bonds. The number of nitrogens with one attached hydrogen (secondary N) is 1. The molecule has 0 spiro atoms. The van der Waals surface area contributed by atoms with Gasteiger partial charge in [0.05, 0.1) is 10.0 Å². The largest absolute Gasteiger partial charge is 0.354 e. The van der Waals surface area contributed by atoms with Gasteiger partial charge in [0.1, 0.15) is 0 Å². The Bertz CT molecular complexity index is 709. The summed E-state index contributed by atoms with van der Waals surface area (Å²) in [5.41, 5.74) is 8.18. The Labute approximate surface area is 157 Å². The Morgan fingerprint density at radius 3 is 2.54 bits per heavy atom. The van der Waals surface area contributed by atoms with Gasteiger partial charge < -0.3 is 11.1 Å². The molecule has 3 nitrogen and oxygen atoms in total. The smallest absolute Gasteiger partial charge is 0.223 e. The second-order valence-electron chi connectivity index (χ2n) is 5.88. The van der Waals surface area contributed by atoms with E-state index < -0.39 is 0 Å². The molecule has 128 valence electrons. The van der Waals surface area contributed by atoms with Crippen molar-refractivity contribution in [1.82, 2.24) is 5.32 Å². The Balaban J connectivity index is 0.00000208. The van der Waals surface area contributed by atoms with Crippen LogP contribution in [0.25, 0.3) is 0 Å². The van der Waals surface area contributed by atoms with Crippen molar-refractivity contribution >= 4 is 41.5 Å². The van der Waals surface area contributed by atoms with Crippen LogP contribution in [-0.4, -0.2) is 12.5 Å². The molecule has 1 aliphatic rings. The van der Waals surface area contributed by atoms with Gasteiger partial charge in [-0.3, -0.25) is 4.79 Å². The summed E-state index contributed by atoms with van der Waals surface area (Å²) < 4.78 is 0. The average molecular weight is 386 g/mol. The van der Waals surface area contributed by atoms with Crippen molar-refractivity contribution in [3.63, 3.8) is 0 Å². The highest BCUT2D eigenvalue weighted by molar-refractivity contribution is 6.42. The zero-order valence-electron chi connectivity index (χ0n) is 12.9. The minimum atomic E-state index is -0.192. The molecular formula is C18H19Cl3N2O. The molecule has 1 saturated carbocycles. The molecule has 2 aromatic rings. The third-order valence-corrected chi connectivity index (χ3v) is 4.96. The van der Waals surface area contributed by atoms with Crippen LogP contribution < -0.4 is 11.1 Å². The van der Waals surface area contributed by atoms with E-state index in [1.54, 1.807) is 6.07 Å². The highest BCUT2D eigenvalue weighted by atomic mass is 35.5. The van der Waals surface area contributed by atoms with Crippen LogP contribution in [0.2, 0.25) is 10.0 Å². The van der Waals surface area contributed by atoms with Gasteiger partial charge >= 0.3 is 0 Å². The van der Waals surface area contributed by atoms with Gasteiger partial charge in [0.15, 0.2) is 0 Å². The number of halogens is 3. The quantitative estimate of drug-likeness (QED) is 0.804. The lowest BCUT2D eigenvalue weighted by Gasteiger charge is -2.13. The van der Waals surface area contributed by atoms with Crippen molar-refractivity contribution in [2.24, 2.45) is 11.7 Å². The van der Waals surface area contributed by atoms with E-state index in [1.165, 1.54) is 0 Å². The predicted molar refractivity (Wildman–Crippen MR) is 101 cm³/mol. The maximum atomic E-state index is 12.3. The molecule has 1 aliphatic carbocycles. The zero-order chi connectivity index (χ0) is 16.4. The van der Waals surface area contributed by atoms with E-state index in [2.05, 4.69) is 5.32 Å². The molecule has 3 unspecified atom stereocenters. The fourth-order valence-corrected chi connectivity index (χ4v) is 3.06. The Morgan fingerprint density at radius 1 is 1.17 bits per heavy atom. The Morgan fingerprint density at radius 2 is 1.88 bits per heavy atom. The topological polar surface area (TPSA) is 55.1 Å². The third-order valence-electron chi connectivity index (χ3n) is 4.22. The van der Waals surface area contributed by atoms with Gasteiger partial charge in [-0.05, 0) is 35.6 Å². The summed E-state index contributed by atoms with van der Waals surface area (Å²) >= 11 is 12.0. The lowest BCUT2D eigenvalue weighted by Crippen LogP contribution is -2.33. The fraction of sp³-hybridized carbons (Fsp3) is 0.278. The first kappa shape index (κ1) is 19.1. The molecule has 0 bridgehead atoms. The van der Waals surface area contributed by atoms with E-state index in [1.807, 2.05) is 42.5 Å². The van der Waals surface area contributed by atoms with E-state index in [4.69, 9.17) is 28.9 Å². The molecule has 1 fully saturated rings. The lowest BCUT2D eigenvalue weighted by molar-refractivity contribution is -0.122. The number of rotatable bonds is 5. The Hall–Kier alpha value is -1.26. The summed E-state index contributed by atoms with van der Waals surface area (Å²) in [6.45, 7) is 0.438. The van der Waals surface area contributed by atoms with Crippen molar-refractivity contribution in [3.8, 4) is 0 Å². The molecule has 0 radical (unpaired) electrons. The van der Waals surface area contributed by atoms with Crippen LogP contribution in [0, 0.1) is 5.92 Å². The first-order valence-corrected chi connectivity index (χ1v) is 8.35. The molecule has 3 atom stereocenters. The van der Waals surface area contributed by atoms with Crippen molar-refractivity contribution in [2.75, 3.05) is 6.54 Å². The van der Waals surface area contributed by atoms with E-state index >= 15 is 0 Å². The molecule has 0 aliphatic heterocycles. The molecule has 3 rings (SSSR count). The van der Waals surface area contributed by atoms with Crippen LogP contribution in [0.4, 0.5) is 0 Å². The highest BCUT2D eigenvalue weighted by Crippen LogP contribution is 2.48. The van der Waals surface area contributed by atoms with E-state index in [0.717, 1.165) is 17.5 Å². The first-order chi connectivity index (χ1) is 11.1. The van der Waals surface area contributed by atoms with Gasteiger partial charge in [-0.15, -0.1) is 12.4 Å². The summed E-state index contributed by atoms with van der Waals surface area (Å²) in [6, 6.07) is 15.1. The van der Waals surface area contributed by atoms with Crippen LogP contribution in [0.3, 0.4) is 0 Å². The summed E-state index contributed by atoms with van der Waals surface area (Å²) in [5.74, 6) is 0.264. The van der Waals surface area contributed by atoms with Crippen LogP contribution in [0.15, 0.2) is 48.5 Å². The summed E-state index contributed by atoms with van der Waals surface area (Å²) in [6.07, 6.45) is 0.838. The summed E-state index contributed by atoms with van der Waals surface area (Å²) in [7, 11) is 0. The first-order valence-electron chi connectivity index (χ1n) is 7.59. The lowest BCUT2D eigenvalue weighted by atomic mass is 10.1. The van der Waals surface area contributed by atoms with Crippen molar-refractivity contribution in [3.05, 3.63) is 69.7 Å². The highest BCUT2D eigenvalue weighted by Gasteiger charge is 2.44. The molecular weight excluding hydrogens is 367 g/mol. The molecule has 24 heavy (non-hydrogen) atoms. The van der Waals surface area contributed by atoms with Crippen molar-refractivity contribution in [2.45, 2.75) is 18.4 Å². The normalized spacial score (nSPS) is 20.0. The number of carbonyl (C=O) groups is 1. The van der Waals surface area contributed by atoms with Crippen LogP contribution in [-0.2, 0) is 4.79 Å². The Kier molecular flexibility index (Phi) is 6.53. The maximum absolute atomic E-state index is 12.3. The zero-order valence-corrected chi connectivity index (χ0v) is 15.2. The molecule has 0 heterocycles. The van der Waals surface area contributed by atoms with Gasteiger partial charge in [-0.2, -0.15) is 0 Å². The molecule has 3 N–H and O–H groups in total. The standard InChI is InChI=1S/C18H18Cl2N2O.ClH/c19-15-7-6-12(8-16(15)20)13-9-14(13)18(23)22-10-17(21)11-4-2-1-3-5-11;/h1-8,13-14,17H,9-10,21H2,(H,22,23);1H. The van der Waals surface area contributed by atoms with E-state index in [0.29, 0.717) is 16.6 Å². The van der Waals surface area contributed by atoms with Crippen LogP contribution in [0.1, 0.15) is 29.5 Å². The van der Waals surface area contributed by atoms with Crippen molar-refractivity contribution in [1.29, 1.82) is 0 Å². The summed E-state index contributed by atoms with van der Waals surface area (Å²) in [5, 5.41) is 4.01. The number of benzene rings is 2. The van der Waals surface area contributed by atoms with Gasteiger partial charge in [-0.1, -0.05) is 59.6 Å². The SMILES string of the molecule is Cl.NC(CNC(=O)C1CC1c1ccc(Cl)c(Cl)c1)c1ccccc1. The minimum Gasteiger partial charge on any atom is -0.354 e. The van der Waals surface area contributed by atoms with Gasteiger partial charge in [0.25, 0.3) is 0 Å². The fourth-order valence-electron chi connectivity index (χ4n) is 2.76. The molecule has 6 heteroatoms. The maximum Gasteiger partial charge on any atom is 0.223 e. The molecule has 0 saturated heterocycles. The number of carbonyl (C=O) groups excluding carboxylic acids is 1. The van der Waals surface area contributed by atoms with Crippen LogP contribution >= 0.6 is 35.6 Å². The van der Waals surface area contributed by atoms with E-state index in [-0.39, 0.29) is 36.2 Å². The molecule has 2 aromatic carbocycles. The second-order valence-corrected chi connectivity index (χ2v) is 6.70. The number of nitrogens with two attached hydrogens (primary N) is 1. The van der Waals surface area contributed by atoms with Crippen LogP contribution in [0.5, 0.6) is 0 Å². The van der Waals surface area contributed by atoms with E-state index in [9.17, 15) is 4.79 Å². The molecule has 0 aromatic heterocycles. The van der Waals surface area contributed by atoms with Gasteiger partial charge in [0, 0.05) is 18.5 Å². The van der Waals surface area contributed by atoms with Crippen molar-refractivity contribution < 1.29 is 4.79 Å². The second kappa shape index (κ2) is 8.21. The number of hydrogen-bond acceptors (Lipinski definition) is 2. The summed E-state index contributed by atoms with van der Waals surface area (Å²) in [4.78, 5) is 12.3. The number of hydrogen-bond donors (Lipinski definition) is 2. The van der Waals surface area contributed by atoms with Gasteiger partial charge in [0.2, 0.25) is 5.91 Å². The minimum absolute atomic E-state index is 0. The number of amides is 1. The monoisotopic (exact) mass is 384 g/mol. The third kappa shape index (κ3) is 4.42. The van der Waals surface area contributed by atoms with Gasteiger partial charge in [-0.25, -0.2) is 0 Å².